The van der Waals surface area contributed by atoms with E-state index in [0.29, 0.717) is 31.3 Å². The standard InChI is InChI=1S/C49H84Cl2N2O8/c1-6-8-10-12-14-16-18-20-22-24-26-28-45(54)58-39-43(60-46(55)29-27-25-23-21-19-17-15-13-11-9-7-2)40-59-47(56)44(52-48(57)61-49(3,4)5)38-41-30-32-42(33-31-41)53(36-34-50)37-35-51/h30-33,43-44H,6-29,34-40H2,1-5H3,(H,52,57). The highest BCUT2D eigenvalue weighted by Gasteiger charge is 2.28. The zero-order valence-electron chi connectivity index (χ0n) is 38.9. The van der Waals surface area contributed by atoms with Crippen molar-refractivity contribution in [2.24, 2.45) is 0 Å². The van der Waals surface area contributed by atoms with Crippen molar-refractivity contribution in [1.29, 1.82) is 0 Å². The number of nitrogens with one attached hydrogen (secondary N) is 1. The van der Waals surface area contributed by atoms with E-state index in [-0.39, 0.29) is 38.4 Å². The molecule has 0 fully saturated rings. The summed E-state index contributed by atoms with van der Waals surface area (Å²) in [6, 6.07) is 6.46. The number of hydrogen-bond donors (Lipinski definition) is 1. The van der Waals surface area contributed by atoms with Gasteiger partial charge in [0.2, 0.25) is 0 Å². The fourth-order valence-electron chi connectivity index (χ4n) is 7.06. The van der Waals surface area contributed by atoms with Crippen molar-refractivity contribution in [3.05, 3.63) is 29.8 Å². The maximum atomic E-state index is 13.7. The number of carbonyl (C=O) groups excluding carboxylic acids is 4. The van der Waals surface area contributed by atoms with Gasteiger partial charge in [0.1, 0.15) is 24.9 Å². The van der Waals surface area contributed by atoms with Gasteiger partial charge in [-0.2, -0.15) is 0 Å². The average Bonchev–Trinajstić information content (AvgIpc) is 3.22. The molecule has 0 heterocycles. The van der Waals surface area contributed by atoms with Crippen molar-refractivity contribution < 1.29 is 38.1 Å². The van der Waals surface area contributed by atoms with Crippen molar-refractivity contribution in [2.45, 2.75) is 213 Å². The summed E-state index contributed by atoms with van der Waals surface area (Å²) in [5.74, 6) is -0.655. The van der Waals surface area contributed by atoms with E-state index in [1.165, 1.54) is 96.3 Å². The van der Waals surface area contributed by atoms with Crippen LogP contribution in [0, 0.1) is 0 Å². The molecule has 1 aromatic rings. The monoisotopic (exact) mass is 899 g/mol. The summed E-state index contributed by atoms with van der Waals surface area (Å²) in [6.07, 6.45) is 24.6. The molecule has 0 aliphatic carbocycles. The van der Waals surface area contributed by atoms with Crippen molar-refractivity contribution in [1.82, 2.24) is 5.32 Å². The van der Waals surface area contributed by atoms with E-state index in [4.69, 9.17) is 42.1 Å². The average molecular weight is 900 g/mol. The quantitative estimate of drug-likeness (QED) is 0.0299. The van der Waals surface area contributed by atoms with Gasteiger partial charge in [0.15, 0.2) is 6.10 Å². The summed E-state index contributed by atoms with van der Waals surface area (Å²) in [5, 5.41) is 2.66. The molecule has 0 saturated carbocycles. The molecule has 0 radical (unpaired) electrons. The molecule has 0 aromatic heterocycles. The Kier molecular flexibility index (Phi) is 33.9. The van der Waals surface area contributed by atoms with Gasteiger partial charge in [0.25, 0.3) is 0 Å². The number of hydrogen-bond acceptors (Lipinski definition) is 9. The minimum Gasteiger partial charge on any atom is -0.462 e. The first-order valence-corrected chi connectivity index (χ1v) is 25.0. The molecule has 2 unspecified atom stereocenters. The predicted molar refractivity (Wildman–Crippen MR) is 251 cm³/mol. The zero-order chi connectivity index (χ0) is 45.0. The summed E-state index contributed by atoms with van der Waals surface area (Å²) in [5.41, 5.74) is 0.906. The fraction of sp³-hybridized carbons (Fsp3) is 0.796. The minimum atomic E-state index is -1.11. The van der Waals surface area contributed by atoms with Crippen molar-refractivity contribution >= 4 is 52.9 Å². The Balaban J connectivity index is 2.85. The molecule has 2 atom stereocenters. The first-order chi connectivity index (χ1) is 29.4. The lowest BCUT2D eigenvalue weighted by Gasteiger charge is -2.25. The van der Waals surface area contributed by atoms with Gasteiger partial charge >= 0.3 is 24.0 Å². The number of alkyl carbamates (subject to hydrolysis) is 1. The fourth-order valence-corrected chi connectivity index (χ4v) is 7.47. The molecule has 1 aromatic carbocycles. The number of halogens is 2. The van der Waals surface area contributed by atoms with Crippen LogP contribution >= 0.6 is 23.2 Å². The second-order valence-corrected chi connectivity index (χ2v) is 18.2. The van der Waals surface area contributed by atoms with E-state index in [1.807, 2.05) is 24.3 Å². The molecule has 61 heavy (non-hydrogen) atoms. The third-order valence-corrected chi connectivity index (χ3v) is 10.9. The van der Waals surface area contributed by atoms with Gasteiger partial charge in [0, 0.05) is 49.8 Å². The molecule has 1 amide bonds. The van der Waals surface area contributed by atoms with Crippen LogP contribution in [-0.2, 0) is 39.8 Å². The number of rotatable bonds is 38. The van der Waals surface area contributed by atoms with E-state index in [0.717, 1.165) is 49.8 Å². The topological polar surface area (TPSA) is 120 Å². The summed E-state index contributed by atoms with van der Waals surface area (Å²) in [6.45, 7) is 10.4. The normalized spacial score (nSPS) is 12.4. The number of unbranched alkanes of at least 4 members (excludes halogenated alkanes) is 20. The number of esters is 3. The number of amides is 1. The van der Waals surface area contributed by atoms with Gasteiger partial charge in [-0.25, -0.2) is 9.59 Å². The van der Waals surface area contributed by atoms with Crippen LogP contribution in [0.4, 0.5) is 10.5 Å². The Hall–Kier alpha value is -2.72. The molecule has 352 valence electrons. The highest BCUT2D eigenvalue weighted by molar-refractivity contribution is 6.18. The van der Waals surface area contributed by atoms with Crippen molar-refractivity contribution in [3.63, 3.8) is 0 Å². The lowest BCUT2D eigenvalue weighted by Crippen LogP contribution is -2.46. The predicted octanol–water partition coefficient (Wildman–Crippen LogP) is 12.8. The number of carbonyl (C=O) groups is 4. The van der Waals surface area contributed by atoms with Gasteiger partial charge < -0.3 is 29.2 Å². The minimum absolute atomic E-state index is 0.112. The SMILES string of the molecule is CCCCCCCCCCCCCC(=O)OCC(COC(=O)C(Cc1ccc(N(CCCl)CCCl)cc1)NC(=O)OC(C)(C)C)OC(=O)CCCCCCCCCCCCC. The van der Waals surface area contributed by atoms with Crippen LogP contribution in [0.1, 0.15) is 194 Å². The van der Waals surface area contributed by atoms with Crippen LogP contribution in [0.25, 0.3) is 0 Å². The molecule has 1 N–H and O–H groups in total. The highest BCUT2D eigenvalue weighted by Crippen LogP contribution is 2.19. The van der Waals surface area contributed by atoms with Gasteiger partial charge in [-0.3, -0.25) is 9.59 Å². The van der Waals surface area contributed by atoms with Crippen LogP contribution < -0.4 is 10.2 Å². The molecule has 0 bridgehead atoms. The maximum Gasteiger partial charge on any atom is 0.408 e. The largest absolute Gasteiger partial charge is 0.462 e. The van der Waals surface area contributed by atoms with Crippen LogP contribution in [0.15, 0.2) is 24.3 Å². The molecule has 10 nitrogen and oxygen atoms in total. The van der Waals surface area contributed by atoms with Crippen LogP contribution in [0.5, 0.6) is 0 Å². The second kappa shape index (κ2) is 36.7. The summed E-state index contributed by atoms with van der Waals surface area (Å²) in [4.78, 5) is 54.4. The first-order valence-electron chi connectivity index (χ1n) is 23.9. The third-order valence-electron chi connectivity index (χ3n) is 10.5. The summed E-state index contributed by atoms with van der Waals surface area (Å²) in [7, 11) is 0. The van der Waals surface area contributed by atoms with Crippen LogP contribution in [0.2, 0.25) is 0 Å². The van der Waals surface area contributed by atoms with Gasteiger partial charge in [-0.15, -0.1) is 23.2 Å². The number of anilines is 1. The second-order valence-electron chi connectivity index (χ2n) is 17.4. The Bertz CT molecular complexity index is 1270. The zero-order valence-corrected chi connectivity index (χ0v) is 40.4. The van der Waals surface area contributed by atoms with E-state index >= 15 is 0 Å². The Morgan fingerprint density at radius 2 is 1.03 bits per heavy atom. The van der Waals surface area contributed by atoms with E-state index in [2.05, 4.69) is 24.1 Å². The van der Waals surface area contributed by atoms with E-state index in [9.17, 15) is 19.2 Å². The molecule has 0 saturated heterocycles. The number of alkyl halides is 2. The van der Waals surface area contributed by atoms with Crippen molar-refractivity contribution in [2.75, 3.05) is 43.0 Å². The Morgan fingerprint density at radius 3 is 1.48 bits per heavy atom. The number of benzene rings is 1. The molecule has 12 heteroatoms. The third kappa shape index (κ3) is 31.7. The Labute approximate surface area is 380 Å². The molecule has 0 aliphatic heterocycles. The van der Waals surface area contributed by atoms with E-state index in [1.54, 1.807) is 20.8 Å². The lowest BCUT2D eigenvalue weighted by atomic mass is 10.1. The van der Waals surface area contributed by atoms with Gasteiger partial charge in [-0.1, -0.05) is 154 Å². The molecule has 0 aliphatic rings. The number of ether oxygens (including phenoxy) is 4. The molecule has 1 rings (SSSR count). The van der Waals surface area contributed by atoms with Crippen LogP contribution in [-0.4, -0.2) is 79.8 Å². The lowest BCUT2D eigenvalue weighted by molar-refractivity contribution is -0.167. The molecular weight excluding hydrogens is 815 g/mol. The van der Waals surface area contributed by atoms with Crippen molar-refractivity contribution in [3.8, 4) is 0 Å². The summed E-state index contributed by atoms with van der Waals surface area (Å²) >= 11 is 12.0. The number of nitrogens with zero attached hydrogens (tertiary/aromatic N) is 1. The van der Waals surface area contributed by atoms with Gasteiger partial charge in [-0.05, 0) is 51.3 Å². The molecule has 0 spiro atoms. The van der Waals surface area contributed by atoms with Gasteiger partial charge in [0.05, 0.1) is 0 Å². The molecular formula is C49H84Cl2N2O8. The maximum absolute atomic E-state index is 13.7. The summed E-state index contributed by atoms with van der Waals surface area (Å²) < 4.78 is 22.5. The van der Waals surface area contributed by atoms with E-state index < -0.39 is 35.8 Å². The Morgan fingerprint density at radius 1 is 0.607 bits per heavy atom. The van der Waals surface area contributed by atoms with Crippen LogP contribution in [0.3, 0.4) is 0 Å². The highest BCUT2D eigenvalue weighted by atomic mass is 35.5. The smallest absolute Gasteiger partial charge is 0.408 e. The first kappa shape index (κ1) is 56.3.